The van der Waals surface area contributed by atoms with E-state index in [2.05, 4.69) is 15.9 Å². The maximum atomic E-state index is 10.7. The molecule has 1 rings (SSSR count). The van der Waals surface area contributed by atoms with E-state index in [0.717, 1.165) is 4.47 Å². The van der Waals surface area contributed by atoms with Crippen molar-refractivity contribution in [3.05, 3.63) is 34.3 Å². The Morgan fingerprint density at radius 3 is 2.75 bits per heavy atom. The summed E-state index contributed by atoms with van der Waals surface area (Å²) in [7, 11) is 0. The molecule has 64 valence electrons. The third kappa shape index (κ3) is 2.22. The summed E-state index contributed by atoms with van der Waals surface area (Å²) in [6, 6.07) is 7.18. The Morgan fingerprint density at radius 2 is 2.25 bits per heavy atom. The van der Waals surface area contributed by atoms with Crippen molar-refractivity contribution in [1.82, 2.24) is 0 Å². The molecule has 0 radical (unpaired) electrons. The Morgan fingerprint density at radius 1 is 1.58 bits per heavy atom. The molecule has 0 aliphatic rings. The van der Waals surface area contributed by atoms with Crippen LogP contribution in [0.4, 0.5) is 0 Å². The van der Waals surface area contributed by atoms with Crippen LogP contribution in [-0.4, -0.2) is 5.91 Å². The molecule has 0 spiro atoms. The van der Waals surface area contributed by atoms with Crippen LogP contribution in [0.2, 0.25) is 0 Å². The Labute approximate surface area is 83.8 Å². The zero-order valence-corrected chi connectivity index (χ0v) is 8.47. The molecule has 2 nitrogen and oxygen atoms in total. The van der Waals surface area contributed by atoms with Crippen molar-refractivity contribution >= 4 is 33.4 Å². The molecule has 1 aromatic carbocycles. The highest BCUT2D eigenvalue weighted by Crippen LogP contribution is 2.22. The molecule has 1 amide bonds. The highest BCUT2D eigenvalue weighted by molar-refractivity contribution is 9.10. The van der Waals surface area contributed by atoms with Gasteiger partial charge in [-0.25, -0.2) is 0 Å². The van der Waals surface area contributed by atoms with E-state index in [9.17, 15) is 4.79 Å². The van der Waals surface area contributed by atoms with Gasteiger partial charge in [0.05, 0.1) is 0 Å². The Kier molecular flexibility index (Phi) is 3.12. The van der Waals surface area contributed by atoms with Crippen LogP contribution in [0.15, 0.2) is 28.7 Å². The second-order valence-electron chi connectivity index (χ2n) is 2.32. The minimum absolute atomic E-state index is 0.533. The van der Waals surface area contributed by atoms with Gasteiger partial charge in [-0.1, -0.05) is 28.1 Å². The summed E-state index contributed by atoms with van der Waals surface area (Å²) in [6.07, 6.45) is 0. The van der Waals surface area contributed by atoms with Crippen LogP contribution >= 0.6 is 27.5 Å². The van der Waals surface area contributed by atoms with E-state index in [0.29, 0.717) is 5.56 Å². The minimum atomic E-state index is -0.748. The summed E-state index contributed by atoms with van der Waals surface area (Å²) in [4.78, 5) is 10.7. The first-order valence-electron chi connectivity index (χ1n) is 3.30. The van der Waals surface area contributed by atoms with Gasteiger partial charge in [-0.15, -0.1) is 11.6 Å². The van der Waals surface area contributed by atoms with Crippen molar-refractivity contribution in [2.24, 2.45) is 5.73 Å². The Hall–Kier alpha value is -0.540. The molecule has 0 bridgehead atoms. The number of carbonyl (C=O) groups is 1. The standard InChI is InChI=1S/C8H7BrClNO/c9-6-3-1-2-5(4-6)7(10)8(11)12/h1-4,7H,(H2,11,12)/t7-/m1/s1. The number of hydrogen-bond acceptors (Lipinski definition) is 1. The molecule has 0 saturated carbocycles. The Bertz CT molecular complexity index is 303. The number of primary amides is 1. The van der Waals surface area contributed by atoms with Gasteiger partial charge in [0.1, 0.15) is 5.38 Å². The first-order valence-corrected chi connectivity index (χ1v) is 4.53. The predicted molar refractivity (Wildman–Crippen MR) is 51.9 cm³/mol. The lowest BCUT2D eigenvalue weighted by Gasteiger charge is -2.04. The van der Waals surface area contributed by atoms with Crippen molar-refractivity contribution in [3.63, 3.8) is 0 Å². The molecule has 0 aliphatic carbocycles. The van der Waals surface area contributed by atoms with Gasteiger partial charge in [-0.2, -0.15) is 0 Å². The van der Waals surface area contributed by atoms with Crippen LogP contribution in [0.3, 0.4) is 0 Å². The lowest BCUT2D eigenvalue weighted by atomic mass is 10.1. The van der Waals surface area contributed by atoms with Crippen molar-refractivity contribution in [2.45, 2.75) is 5.38 Å². The number of halogens is 2. The third-order valence-electron chi connectivity index (χ3n) is 1.39. The van der Waals surface area contributed by atoms with Crippen LogP contribution in [0.5, 0.6) is 0 Å². The largest absolute Gasteiger partial charge is 0.368 e. The quantitative estimate of drug-likeness (QED) is 0.801. The summed E-state index contributed by atoms with van der Waals surface area (Å²) in [6.45, 7) is 0. The smallest absolute Gasteiger partial charge is 0.240 e. The van der Waals surface area contributed by atoms with Crippen molar-refractivity contribution in [3.8, 4) is 0 Å². The summed E-state index contributed by atoms with van der Waals surface area (Å²) in [5.41, 5.74) is 5.74. The fraction of sp³-hybridized carbons (Fsp3) is 0.125. The average molecular weight is 249 g/mol. The fourth-order valence-corrected chi connectivity index (χ4v) is 1.38. The number of amides is 1. The molecular formula is C8H7BrClNO. The van der Waals surface area contributed by atoms with Gasteiger partial charge in [0.25, 0.3) is 0 Å². The van der Waals surface area contributed by atoms with E-state index >= 15 is 0 Å². The van der Waals surface area contributed by atoms with Gasteiger partial charge in [-0.05, 0) is 17.7 Å². The van der Waals surface area contributed by atoms with Gasteiger partial charge in [0, 0.05) is 4.47 Å². The zero-order valence-electron chi connectivity index (χ0n) is 6.13. The van der Waals surface area contributed by atoms with E-state index < -0.39 is 11.3 Å². The molecular weight excluding hydrogens is 241 g/mol. The summed E-state index contributed by atoms with van der Waals surface area (Å²) in [5.74, 6) is -0.533. The number of carbonyl (C=O) groups excluding carboxylic acids is 1. The van der Waals surface area contributed by atoms with Crippen molar-refractivity contribution in [1.29, 1.82) is 0 Å². The second kappa shape index (κ2) is 3.92. The van der Waals surface area contributed by atoms with Crippen LogP contribution in [0.25, 0.3) is 0 Å². The predicted octanol–water partition coefficient (Wildman–Crippen LogP) is 2.21. The van der Waals surface area contributed by atoms with Crippen LogP contribution in [0, 0.1) is 0 Å². The van der Waals surface area contributed by atoms with E-state index in [1.165, 1.54) is 0 Å². The normalized spacial score (nSPS) is 12.5. The first-order chi connectivity index (χ1) is 5.61. The monoisotopic (exact) mass is 247 g/mol. The van der Waals surface area contributed by atoms with Gasteiger partial charge < -0.3 is 5.73 Å². The molecule has 1 aromatic rings. The van der Waals surface area contributed by atoms with E-state index in [1.807, 2.05) is 6.07 Å². The fourth-order valence-electron chi connectivity index (χ4n) is 0.829. The average Bonchev–Trinajstić information content (AvgIpc) is 2.03. The summed E-state index contributed by atoms with van der Waals surface area (Å²) < 4.78 is 0.881. The van der Waals surface area contributed by atoms with Crippen molar-refractivity contribution in [2.75, 3.05) is 0 Å². The lowest BCUT2D eigenvalue weighted by Crippen LogP contribution is -2.16. The van der Waals surface area contributed by atoms with Gasteiger partial charge in [0.2, 0.25) is 5.91 Å². The second-order valence-corrected chi connectivity index (χ2v) is 3.67. The molecule has 12 heavy (non-hydrogen) atoms. The van der Waals surface area contributed by atoms with Gasteiger partial charge in [0.15, 0.2) is 0 Å². The summed E-state index contributed by atoms with van der Waals surface area (Å²) >= 11 is 8.99. The number of nitrogens with two attached hydrogens (primary N) is 1. The molecule has 1 atom stereocenters. The SMILES string of the molecule is NC(=O)[C@H](Cl)c1cccc(Br)c1. The molecule has 0 unspecified atom stereocenters. The topological polar surface area (TPSA) is 43.1 Å². The number of alkyl halides is 1. The highest BCUT2D eigenvalue weighted by atomic mass is 79.9. The Balaban J connectivity index is 2.95. The van der Waals surface area contributed by atoms with Crippen molar-refractivity contribution < 1.29 is 4.79 Å². The van der Waals surface area contributed by atoms with E-state index in [-0.39, 0.29) is 0 Å². The maximum Gasteiger partial charge on any atom is 0.240 e. The molecule has 0 heterocycles. The van der Waals surface area contributed by atoms with Crippen LogP contribution in [0.1, 0.15) is 10.9 Å². The first kappa shape index (κ1) is 9.55. The number of rotatable bonds is 2. The molecule has 4 heteroatoms. The molecule has 0 aromatic heterocycles. The zero-order chi connectivity index (χ0) is 9.14. The molecule has 2 N–H and O–H groups in total. The number of hydrogen-bond donors (Lipinski definition) is 1. The molecule has 0 fully saturated rings. The van der Waals surface area contributed by atoms with E-state index in [1.54, 1.807) is 18.2 Å². The van der Waals surface area contributed by atoms with Gasteiger partial charge in [-0.3, -0.25) is 4.79 Å². The summed E-state index contributed by atoms with van der Waals surface area (Å²) in [5, 5.41) is -0.748. The lowest BCUT2D eigenvalue weighted by molar-refractivity contribution is -0.117. The minimum Gasteiger partial charge on any atom is -0.368 e. The van der Waals surface area contributed by atoms with Crippen LogP contribution < -0.4 is 5.73 Å². The third-order valence-corrected chi connectivity index (χ3v) is 2.35. The highest BCUT2D eigenvalue weighted by Gasteiger charge is 2.13. The van der Waals surface area contributed by atoms with Crippen LogP contribution in [-0.2, 0) is 4.79 Å². The molecule has 0 saturated heterocycles. The van der Waals surface area contributed by atoms with Gasteiger partial charge >= 0.3 is 0 Å². The molecule has 0 aliphatic heterocycles. The maximum absolute atomic E-state index is 10.7. The number of benzene rings is 1. The van der Waals surface area contributed by atoms with E-state index in [4.69, 9.17) is 17.3 Å².